The molecule has 0 nitrogen and oxygen atoms in total. The number of fused-ring (bicyclic) bond motifs is 1. The molecule has 0 saturated heterocycles. The minimum absolute atomic E-state index is 0.728. The average molecular weight is 236 g/mol. The van der Waals surface area contributed by atoms with E-state index in [-0.39, 0.29) is 0 Å². The summed E-state index contributed by atoms with van der Waals surface area (Å²) >= 11 is 0. The van der Waals surface area contributed by atoms with E-state index in [1.54, 1.807) is 0 Å². The first-order valence-corrected chi connectivity index (χ1v) is 8.71. The smallest absolute Gasteiger partial charge is 0.113 e. The summed E-state index contributed by atoms with van der Waals surface area (Å²) in [6.07, 6.45) is 11.6. The van der Waals surface area contributed by atoms with Crippen molar-refractivity contribution in [2.75, 3.05) is 0 Å². The van der Waals surface area contributed by atoms with Gasteiger partial charge < -0.3 is 0 Å². The third-order valence-corrected chi connectivity index (χ3v) is 6.87. The average Bonchev–Trinajstić information content (AvgIpc) is 2.58. The second kappa shape index (κ2) is 4.23. The van der Waals surface area contributed by atoms with Gasteiger partial charge in [0, 0.05) is 5.57 Å². The zero-order valence-corrected chi connectivity index (χ0v) is 11.3. The van der Waals surface area contributed by atoms with Gasteiger partial charge in [-0.15, -0.1) is 6.42 Å². The second-order valence-electron chi connectivity index (χ2n) is 4.81. The lowest BCUT2D eigenvalue weighted by Crippen LogP contribution is -2.40. The summed E-state index contributed by atoms with van der Waals surface area (Å²) < 4.78 is 0. The minimum atomic E-state index is -1.51. The molecule has 0 atom stereocenters. The number of benzene rings is 1. The predicted octanol–water partition coefficient (Wildman–Crippen LogP) is 3.28. The highest BCUT2D eigenvalue weighted by atomic mass is 28.3. The summed E-state index contributed by atoms with van der Waals surface area (Å²) in [5.74, 6) is 2.54. The molecule has 2 rings (SSSR count). The quantitative estimate of drug-likeness (QED) is 0.420. The predicted molar refractivity (Wildman–Crippen MR) is 78.6 cm³/mol. The number of hydrogen-bond donors (Lipinski definition) is 0. The van der Waals surface area contributed by atoms with Gasteiger partial charge in [-0.3, -0.25) is 0 Å². The third-order valence-electron chi connectivity index (χ3n) is 3.32. The van der Waals surface area contributed by atoms with Crippen molar-refractivity contribution >= 4 is 19.3 Å². The summed E-state index contributed by atoms with van der Waals surface area (Å²) in [5.41, 5.74) is 2.08. The highest BCUT2D eigenvalue weighted by molar-refractivity contribution is 6.98. The number of rotatable bonds is 2. The van der Waals surface area contributed by atoms with Crippen LogP contribution >= 0.6 is 0 Å². The van der Waals surface area contributed by atoms with Crippen LogP contribution in [-0.2, 0) is 0 Å². The zero-order valence-electron chi connectivity index (χ0n) is 10.3. The molecule has 1 heterocycles. The Morgan fingerprint density at radius 3 is 2.71 bits per heavy atom. The first-order chi connectivity index (χ1) is 8.05. The molecule has 0 fully saturated rings. The van der Waals surface area contributed by atoms with E-state index in [0.29, 0.717) is 0 Å². The largest absolute Gasteiger partial charge is 0.115 e. The molecule has 0 amide bonds. The van der Waals surface area contributed by atoms with Gasteiger partial charge in [0.2, 0.25) is 0 Å². The van der Waals surface area contributed by atoms with E-state index in [1.165, 1.54) is 15.9 Å². The van der Waals surface area contributed by atoms with E-state index < -0.39 is 8.07 Å². The summed E-state index contributed by atoms with van der Waals surface area (Å²) in [6, 6.07) is 8.64. The summed E-state index contributed by atoms with van der Waals surface area (Å²) in [6.45, 7) is 8.53. The fourth-order valence-electron chi connectivity index (χ4n) is 2.19. The molecule has 0 saturated carbocycles. The molecule has 0 aliphatic carbocycles. The monoisotopic (exact) mass is 236 g/mol. The molecule has 1 aromatic rings. The molecular formula is C16H16Si. The SMILES string of the molecule is C#CC(=C)/C=C\C1=Cc2ccccc2[Si]1(C)C. The van der Waals surface area contributed by atoms with E-state index in [1.807, 2.05) is 6.08 Å². The maximum absolute atomic E-state index is 5.30. The van der Waals surface area contributed by atoms with Crippen molar-refractivity contribution in [2.45, 2.75) is 13.1 Å². The maximum Gasteiger partial charge on any atom is 0.113 e. The van der Waals surface area contributed by atoms with Crippen LogP contribution in [0.4, 0.5) is 0 Å². The molecule has 1 heteroatoms. The number of allylic oxidation sites excluding steroid dienone is 4. The van der Waals surface area contributed by atoms with Crippen LogP contribution in [0.25, 0.3) is 6.08 Å². The van der Waals surface area contributed by atoms with Crippen molar-refractivity contribution in [1.82, 2.24) is 0 Å². The van der Waals surface area contributed by atoms with Crippen LogP contribution in [0.15, 0.2) is 53.8 Å². The molecule has 0 N–H and O–H groups in total. The molecular weight excluding hydrogens is 220 g/mol. The van der Waals surface area contributed by atoms with Crippen molar-refractivity contribution in [3.8, 4) is 12.3 Å². The lowest BCUT2D eigenvalue weighted by atomic mass is 10.2. The molecule has 1 aliphatic heterocycles. The molecule has 1 aromatic carbocycles. The summed E-state index contributed by atoms with van der Waals surface area (Å²) in [7, 11) is -1.51. The van der Waals surface area contributed by atoms with Crippen LogP contribution in [0, 0.1) is 12.3 Å². The molecule has 0 radical (unpaired) electrons. The highest BCUT2D eigenvalue weighted by Gasteiger charge is 2.33. The molecule has 17 heavy (non-hydrogen) atoms. The van der Waals surface area contributed by atoms with E-state index >= 15 is 0 Å². The highest BCUT2D eigenvalue weighted by Crippen LogP contribution is 2.27. The van der Waals surface area contributed by atoms with Crippen LogP contribution in [0.2, 0.25) is 13.1 Å². The fraction of sp³-hybridized carbons (Fsp3) is 0.125. The molecule has 0 unspecified atom stereocenters. The van der Waals surface area contributed by atoms with E-state index in [0.717, 1.165) is 5.57 Å². The Bertz CT molecular complexity index is 565. The Morgan fingerprint density at radius 2 is 2.06 bits per heavy atom. The zero-order chi connectivity index (χ0) is 12.5. The van der Waals surface area contributed by atoms with Gasteiger partial charge in [-0.25, -0.2) is 0 Å². The van der Waals surface area contributed by atoms with Gasteiger partial charge in [-0.05, 0) is 16.8 Å². The van der Waals surface area contributed by atoms with Crippen LogP contribution in [0.5, 0.6) is 0 Å². The van der Waals surface area contributed by atoms with E-state index in [9.17, 15) is 0 Å². The van der Waals surface area contributed by atoms with Crippen molar-refractivity contribution < 1.29 is 0 Å². The van der Waals surface area contributed by atoms with Crippen molar-refractivity contribution in [2.24, 2.45) is 0 Å². The van der Waals surface area contributed by atoms with Crippen molar-refractivity contribution in [1.29, 1.82) is 0 Å². The lowest BCUT2D eigenvalue weighted by molar-refractivity contribution is 1.69. The Kier molecular flexibility index (Phi) is 2.91. The minimum Gasteiger partial charge on any atom is -0.115 e. The summed E-state index contributed by atoms with van der Waals surface area (Å²) in [5, 5.41) is 2.92. The van der Waals surface area contributed by atoms with E-state index in [2.05, 4.69) is 62.0 Å². The Hall–Kier alpha value is -1.78. The van der Waals surface area contributed by atoms with Crippen LogP contribution in [0.1, 0.15) is 5.56 Å². The Morgan fingerprint density at radius 1 is 1.35 bits per heavy atom. The van der Waals surface area contributed by atoms with Crippen molar-refractivity contribution in [3.05, 3.63) is 59.3 Å². The molecule has 1 aliphatic rings. The van der Waals surface area contributed by atoms with Crippen LogP contribution in [0.3, 0.4) is 0 Å². The van der Waals surface area contributed by atoms with Gasteiger partial charge in [-0.1, -0.05) is 67.2 Å². The Balaban J connectivity index is 2.38. The van der Waals surface area contributed by atoms with Gasteiger partial charge in [0.05, 0.1) is 0 Å². The third kappa shape index (κ3) is 2.04. The topological polar surface area (TPSA) is 0 Å². The Labute approximate surface area is 104 Å². The maximum atomic E-state index is 5.30. The normalized spacial score (nSPS) is 16.4. The van der Waals surface area contributed by atoms with Crippen molar-refractivity contribution in [3.63, 3.8) is 0 Å². The van der Waals surface area contributed by atoms with Gasteiger partial charge in [0.15, 0.2) is 0 Å². The van der Waals surface area contributed by atoms with Gasteiger partial charge in [0.1, 0.15) is 8.07 Å². The van der Waals surface area contributed by atoms with Crippen LogP contribution in [-0.4, -0.2) is 8.07 Å². The summed E-state index contributed by atoms with van der Waals surface area (Å²) in [4.78, 5) is 0. The molecule has 84 valence electrons. The second-order valence-corrected chi connectivity index (χ2v) is 9.18. The first-order valence-electron chi connectivity index (χ1n) is 5.71. The van der Waals surface area contributed by atoms with Crippen LogP contribution < -0.4 is 5.19 Å². The van der Waals surface area contributed by atoms with Gasteiger partial charge in [-0.2, -0.15) is 0 Å². The molecule has 0 bridgehead atoms. The van der Waals surface area contributed by atoms with Gasteiger partial charge >= 0.3 is 0 Å². The lowest BCUT2D eigenvalue weighted by Gasteiger charge is -2.19. The standard InChI is InChI=1S/C16H16Si/c1-5-13(2)10-11-15-12-14-8-6-7-9-16(14)17(15,3)4/h1,6-12H,2H2,3-4H3/b11-10-. The fourth-order valence-corrected chi connectivity index (χ4v) is 4.91. The van der Waals surface area contributed by atoms with Gasteiger partial charge in [0.25, 0.3) is 0 Å². The number of hydrogen-bond acceptors (Lipinski definition) is 0. The first kappa shape index (κ1) is 11.7. The molecule has 0 spiro atoms. The van der Waals surface area contributed by atoms with E-state index in [4.69, 9.17) is 6.42 Å². The molecule has 0 aromatic heterocycles. The number of terminal acetylenes is 1.